The zero-order chi connectivity index (χ0) is 29.1. The van der Waals surface area contributed by atoms with Crippen LogP contribution < -0.4 is 24.4 Å². The lowest BCUT2D eigenvalue weighted by molar-refractivity contribution is -0.139. The molecular weight excluding hydrogens is 604 g/mol. The molecule has 3 aromatic carbocycles. The van der Waals surface area contributed by atoms with Crippen LogP contribution in [0.5, 0.6) is 11.5 Å². The highest BCUT2D eigenvalue weighted by molar-refractivity contribution is 9.10. The van der Waals surface area contributed by atoms with E-state index in [2.05, 4.69) is 20.9 Å². The summed E-state index contributed by atoms with van der Waals surface area (Å²) in [4.78, 5) is 32.4. The Bertz CT molecular complexity index is 1810. The molecule has 0 unspecified atom stereocenters. The zero-order valence-electron chi connectivity index (χ0n) is 23.1. The Hall–Kier alpha value is -3.95. The molecule has 5 rings (SSSR count). The molecule has 1 atom stereocenters. The number of carbonyl (C=O) groups excluding carboxylic acids is 1. The first-order valence-corrected chi connectivity index (χ1v) is 14.7. The van der Waals surface area contributed by atoms with E-state index in [4.69, 9.17) is 14.2 Å². The minimum absolute atomic E-state index is 0.219. The van der Waals surface area contributed by atoms with Gasteiger partial charge in [-0.15, -0.1) is 0 Å². The number of rotatable bonds is 8. The minimum Gasteiger partial charge on any atom is -0.493 e. The second kappa shape index (κ2) is 12.3. The van der Waals surface area contributed by atoms with Gasteiger partial charge in [0.1, 0.15) is 6.61 Å². The van der Waals surface area contributed by atoms with Gasteiger partial charge >= 0.3 is 5.97 Å². The summed E-state index contributed by atoms with van der Waals surface area (Å²) in [6, 6.07) is 20.7. The molecule has 210 valence electrons. The van der Waals surface area contributed by atoms with Crippen molar-refractivity contribution >= 4 is 39.3 Å². The number of ether oxygens (including phenoxy) is 3. The molecule has 9 heteroatoms. The number of benzene rings is 3. The number of allylic oxidation sites excluding steroid dienone is 1. The molecular formula is C32H29BrN2O5S. The van der Waals surface area contributed by atoms with Gasteiger partial charge in [-0.05, 0) is 50.1 Å². The molecule has 0 spiro atoms. The maximum absolute atomic E-state index is 14.1. The van der Waals surface area contributed by atoms with Crippen LogP contribution in [0.2, 0.25) is 0 Å². The Morgan fingerprint density at radius 2 is 1.83 bits per heavy atom. The number of nitrogens with zero attached hydrogens (tertiary/aromatic N) is 2. The van der Waals surface area contributed by atoms with Crippen molar-refractivity contribution in [3.8, 4) is 11.5 Å². The van der Waals surface area contributed by atoms with Gasteiger partial charge in [-0.25, -0.2) is 9.79 Å². The monoisotopic (exact) mass is 632 g/mol. The summed E-state index contributed by atoms with van der Waals surface area (Å²) >= 11 is 4.82. The first-order valence-electron chi connectivity index (χ1n) is 13.1. The summed E-state index contributed by atoms with van der Waals surface area (Å²) in [5, 5.41) is 0. The van der Waals surface area contributed by atoms with E-state index in [1.54, 1.807) is 31.6 Å². The molecule has 7 nitrogen and oxygen atoms in total. The molecule has 1 aromatic heterocycles. The van der Waals surface area contributed by atoms with Crippen LogP contribution in [0.4, 0.5) is 0 Å². The highest BCUT2D eigenvalue weighted by Crippen LogP contribution is 2.36. The third-order valence-electron chi connectivity index (χ3n) is 6.69. The van der Waals surface area contributed by atoms with E-state index in [0.29, 0.717) is 44.3 Å². The van der Waals surface area contributed by atoms with Crippen molar-refractivity contribution in [1.29, 1.82) is 0 Å². The van der Waals surface area contributed by atoms with E-state index in [0.717, 1.165) is 21.2 Å². The van der Waals surface area contributed by atoms with Gasteiger partial charge in [0, 0.05) is 10.0 Å². The number of carbonyl (C=O) groups is 1. The lowest BCUT2D eigenvalue weighted by atomic mass is 9.95. The number of thiazole rings is 1. The third kappa shape index (κ3) is 5.92. The second-order valence-electron chi connectivity index (χ2n) is 9.51. The number of aryl methyl sites for hydroxylation is 1. The largest absolute Gasteiger partial charge is 0.493 e. The highest BCUT2D eigenvalue weighted by atomic mass is 79.9. The van der Waals surface area contributed by atoms with Crippen LogP contribution in [0.25, 0.3) is 6.08 Å². The number of methoxy groups -OCH3 is 1. The van der Waals surface area contributed by atoms with Gasteiger partial charge in [-0.1, -0.05) is 87.4 Å². The van der Waals surface area contributed by atoms with Crippen molar-refractivity contribution in [2.24, 2.45) is 4.99 Å². The van der Waals surface area contributed by atoms with Crippen LogP contribution in [-0.4, -0.2) is 24.3 Å². The number of hydrogen-bond donors (Lipinski definition) is 0. The summed E-state index contributed by atoms with van der Waals surface area (Å²) in [5.74, 6) is 0.568. The van der Waals surface area contributed by atoms with Crippen LogP contribution in [0.1, 0.15) is 42.1 Å². The Morgan fingerprint density at radius 3 is 2.51 bits per heavy atom. The molecule has 0 radical (unpaired) electrons. The van der Waals surface area contributed by atoms with Crippen LogP contribution in [-0.2, 0) is 16.1 Å². The number of fused-ring (bicyclic) bond motifs is 1. The van der Waals surface area contributed by atoms with Crippen LogP contribution in [0.15, 0.2) is 92.3 Å². The smallest absolute Gasteiger partial charge is 0.338 e. The third-order valence-corrected chi connectivity index (χ3v) is 8.13. The Labute approximate surface area is 250 Å². The van der Waals surface area contributed by atoms with E-state index in [9.17, 15) is 9.59 Å². The van der Waals surface area contributed by atoms with E-state index >= 15 is 0 Å². The normalized spacial score (nSPS) is 14.9. The fourth-order valence-electron chi connectivity index (χ4n) is 4.73. The van der Waals surface area contributed by atoms with Crippen LogP contribution in [0.3, 0.4) is 0 Å². The van der Waals surface area contributed by atoms with E-state index in [1.165, 1.54) is 11.3 Å². The van der Waals surface area contributed by atoms with Crippen LogP contribution >= 0.6 is 27.3 Å². The van der Waals surface area contributed by atoms with Gasteiger partial charge in [-0.3, -0.25) is 9.36 Å². The first kappa shape index (κ1) is 28.6. The maximum atomic E-state index is 14.1. The Kier molecular flexibility index (Phi) is 8.56. The summed E-state index contributed by atoms with van der Waals surface area (Å²) in [6.45, 7) is 6.08. The molecule has 2 heterocycles. The molecule has 0 fully saturated rings. The van der Waals surface area contributed by atoms with E-state index < -0.39 is 12.0 Å². The standard InChI is InChI=1S/C32H29BrN2O5S/c1-5-39-31(37)27-20(3)34-32-35(28(27)22-13-11-19(2)12-14-22)30(36)26(41-32)16-23-15-24(33)17-25(38-4)29(23)40-18-21-9-7-6-8-10-21/h6-17,28H,5,18H2,1-4H3/b26-16-/t28-/m0/s1. The van der Waals surface area contributed by atoms with Crippen molar-refractivity contribution < 1.29 is 19.0 Å². The van der Waals surface area contributed by atoms with Crippen molar-refractivity contribution in [2.45, 2.75) is 33.4 Å². The summed E-state index contributed by atoms with van der Waals surface area (Å²) < 4.78 is 20.1. The van der Waals surface area contributed by atoms with Crippen molar-refractivity contribution in [1.82, 2.24) is 4.57 Å². The van der Waals surface area contributed by atoms with Crippen molar-refractivity contribution in [2.75, 3.05) is 13.7 Å². The molecule has 0 N–H and O–H groups in total. The number of esters is 1. The van der Waals surface area contributed by atoms with Gasteiger partial charge in [-0.2, -0.15) is 0 Å². The Morgan fingerprint density at radius 1 is 1.10 bits per heavy atom. The lowest BCUT2D eigenvalue weighted by Crippen LogP contribution is -2.39. The van der Waals surface area contributed by atoms with Gasteiger partial charge in [0.25, 0.3) is 5.56 Å². The first-order chi connectivity index (χ1) is 19.8. The number of halogens is 1. The molecule has 4 aromatic rings. The predicted molar refractivity (Wildman–Crippen MR) is 163 cm³/mol. The van der Waals surface area contributed by atoms with Gasteiger partial charge < -0.3 is 14.2 Å². The molecule has 1 aliphatic heterocycles. The molecule has 41 heavy (non-hydrogen) atoms. The molecule has 0 saturated heterocycles. The zero-order valence-corrected chi connectivity index (χ0v) is 25.5. The van der Waals surface area contributed by atoms with Gasteiger partial charge in [0.2, 0.25) is 0 Å². The van der Waals surface area contributed by atoms with Crippen LogP contribution in [0, 0.1) is 6.92 Å². The molecule has 0 amide bonds. The topological polar surface area (TPSA) is 79.1 Å². The fraction of sp³-hybridized carbons (Fsp3) is 0.219. The molecule has 0 saturated carbocycles. The second-order valence-corrected chi connectivity index (χ2v) is 11.4. The van der Waals surface area contributed by atoms with Gasteiger partial charge in [0.05, 0.1) is 35.6 Å². The summed E-state index contributed by atoms with van der Waals surface area (Å²) in [5.41, 5.74) is 4.17. The maximum Gasteiger partial charge on any atom is 0.338 e. The molecule has 0 aliphatic carbocycles. The van der Waals surface area contributed by atoms with E-state index in [1.807, 2.05) is 73.7 Å². The number of hydrogen-bond acceptors (Lipinski definition) is 7. The average molecular weight is 634 g/mol. The SMILES string of the molecule is CCOC(=O)C1=C(C)N=c2s/c(=C\c3cc(Br)cc(OC)c3OCc3ccccc3)c(=O)n2[C@H]1c1ccc(C)cc1. The predicted octanol–water partition coefficient (Wildman–Crippen LogP) is 5.46. The summed E-state index contributed by atoms with van der Waals surface area (Å²) in [6.07, 6.45) is 1.78. The van der Waals surface area contributed by atoms with E-state index in [-0.39, 0.29) is 12.2 Å². The average Bonchev–Trinajstić information content (AvgIpc) is 3.26. The Balaban J connectivity index is 1.67. The molecule has 0 bridgehead atoms. The number of aromatic nitrogens is 1. The quantitative estimate of drug-likeness (QED) is 0.241. The lowest BCUT2D eigenvalue weighted by Gasteiger charge is -2.24. The molecule has 1 aliphatic rings. The van der Waals surface area contributed by atoms with Crippen molar-refractivity contribution in [3.05, 3.63) is 124 Å². The van der Waals surface area contributed by atoms with Gasteiger partial charge in [0.15, 0.2) is 16.3 Å². The minimum atomic E-state index is -0.668. The summed E-state index contributed by atoms with van der Waals surface area (Å²) in [7, 11) is 1.58. The van der Waals surface area contributed by atoms with Crippen molar-refractivity contribution in [3.63, 3.8) is 0 Å². The fourth-order valence-corrected chi connectivity index (χ4v) is 6.22. The highest BCUT2D eigenvalue weighted by Gasteiger charge is 2.33.